The molecule has 0 aliphatic heterocycles. The van der Waals surface area contributed by atoms with Gasteiger partial charge in [0.05, 0.1) is 0 Å². The number of amides is 1. The first-order valence-electron chi connectivity index (χ1n) is 5.55. The lowest BCUT2D eigenvalue weighted by Crippen LogP contribution is -2.41. The van der Waals surface area contributed by atoms with E-state index in [1.165, 1.54) is 0 Å². The number of rotatable bonds is 5. The second-order valence-electron chi connectivity index (χ2n) is 4.47. The minimum absolute atomic E-state index is 0.252. The maximum atomic E-state index is 11.2. The summed E-state index contributed by atoms with van der Waals surface area (Å²) in [7, 11) is 0. The molecule has 5 nitrogen and oxygen atoms in total. The topological polar surface area (TPSA) is 91.2 Å². The van der Waals surface area contributed by atoms with Crippen LogP contribution in [0.4, 0.5) is 0 Å². The van der Waals surface area contributed by atoms with Crippen molar-refractivity contribution in [1.29, 1.82) is 0 Å². The van der Waals surface area contributed by atoms with E-state index in [1.807, 2.05) is 20.8 Å². The third-order valence-electron chi connectivity index (χ3n) is 2.61. The maximum absolute atomic E-state index is 11.2. The van der Waals surface area contributed by atoms with Crippen LogP contribution in [0.3, 0.4) is 0 Å². The summed E-state index contributed by atoms with van der Waals surface area (Å²) < 4.78 is 5.50. The number of pyridine rings is 1. The molecule has 1 unspecified atom stereocenters. The number of nitrogens with zero attached hydrogens (tertiary/aromatic N) is 1. The van der Waals surface area contributed by atoms with Gasteiger partial charge in [-0.3, -0.25) is 4.79 Å². The molecule has 0 saturated carbocycles. The fraction of sp³-hybridized carbons (Fsp3) is 0.500. The molecule has 0 radical (unpaired) electrons. The van der Waals surface area contributed by atoms with E-state index in [9.17, 15) is 4.79 Å². The van der Waals surface area contributed by atoms with Crippen LogP contribution in [-0.2, 0) is 0 Å². The summed E-state index contributed by atoms with van der Waals surface area (Å²) in [5, 5.41) is 0. The van der Waals surface area contributed by atoms with Gasteiger partial charge in [0.2, 0.25) is 5.88 Å². The number of primary amides is 1. The molecule has 0 fully saturated rings. The summed E-state index contributed by atoms with van der Waals surface area (Å²) in [6.07, 6.45) is 0.769. The number of aryl methyl sites for hydroxylation is 1. The summed E-state index contributed by atoms with van der Waals surface area (Å²) in [5.41, 5.74) is 11.8. The lowest BCUT2D eigenvalue weighted by Gasteiger charge is -2.22. The second kappa shape index (κ2) is 5.14. The van der Waals surface area contributed by atoms with Crippen LogP contribution in [0.15, 0.2) is 12.1 Å². The molecule has 94 valence electrons. The van der Waals surface area contributed by atoms with Gasteiger partial charge in [-0.2, -0.15) is 0 Å². The number of hydrogen-bond acceptors (Lipinski definition) is 4. The molecule has 4 N–H and O–H groups in total. The first kappa shape index (κ1) is 13.4. The van der Waals surface area contributed by atoms with Crippen molar-refractivity contribution in [3.63, 3.8) is 0 Å². The van der Waals surface area contributed by atoms with Gasteiger partial charge in [0, 0.05) is 11.2 Å². The molecule has 17 heavy (non-hydrogen) atoms. The summed E-state index contributed by atoms with van der Waals surface area (Å²) in [6.45, 7) is 5.97. The van der Waals surface area contributed by atoms with Gasteiger partial charge < -0.3 is 16.2 Å². The Morgan fingerprint density at radius 2 is 2.18 bits per heavy atom. The SMILES string of the molecule is CCC(C)(N)COc1nc(C)ccc1C(N)=O. The third-order valence-corrected chi connectivity index (χ3v) is 2.61. The van der Waals surface area contributed by atoms with Crippen LogP contribution in [0.5, 0.6) is 5.88 Å². The first-order chi connectivity index (χ1) is 7.85. The van der Waals surface area contributed by atoms with E-state index in [0.717, 1.165) is 12.1 Å². The Morgan fingerprint density at radius 3 is 2.71 bits per heavy atom. The van der Waals surface area contributed by atoms with Crippen molar-refractivity contribution in [2.45, 2.75) is 32.7 Å². The van der Waals surface area contributed by atoms with E-state index >= 15 is 0 Å². The highest BCUT2D eigenvalue weighted by Gasteiger charge is 2.19. The molecule has 0 bridgehead atoms. The van der Waals surface area contributed by atoms with E-state index in [4.69, 9.17) is 16.2 Å². The van der Waals surface area contributed by atoms with Gasteiger partial charge in [-0.15, -0.1) is 0 Å². The van der Waals surface area contributed by atoms with Gasteiger partial charge in [-0.25, -0.2) is 4.98 Å². The average molecular weight is 237 g/mol. The van der Waals surface area contributed by atoms with Crippen LogP contribution in [-0.4, -0.2) is 23.0 Å². The van der Waals surface area contributed by atoms with Gasteiger partial charge in [0.25, 0.3) is 5.91 Å². The molecule has 0 aliphatic carbocycles. The Bertz CT molecular complexity index is 416. The number of aromatic nitrogens is 1. The monoisotopic (exact) mass is 237 g/mol. The van der Waals surface area contributed by atoms with Crippen LogP contribution in [0.2, 0.25) is 0 Å². The zero-order valence-corrected chi connectivity index (χ0v) is 10.5. The van der Waals surface area contributed by atoms with Crippen molar-refractivity contribution in [2.75, 3.05) is 6.61 Å². The molecule has 1 atom stereocenters. The Labute approximate surface area is 101 Å². The Balaban J connectivity index is 2.89. The van der Waals surface area contributed by atoms with Crippen LogP contribution >= 0.6 is 0 Å². The first-order valence-corrected chi connectivity index (χ1v) is 5.55. The molecule has 0 aromatic carbocycles. The average Bonchev–Trinajstić information content (AvgIpc) is 2.26. The van der Waals surface area contributed by atoms with E-state index in [-0.39, 0.29) is 11.4 Å². The molecule has 1 amide bonds. The molecule has 0 aliphatic rings. The third kappa shape index (κ3) is 3.71. The van der Waals surface area contributed by atoms with Crippen molar-refractivity contribution < 1.29 is 9.53 Å². The quantitative estimate of drug-likeness (QED) is 0.799. The van der Waals surface area contributed by atoms with E-state index < -0.39 is 11.4 Å². The van der Waals surface area contributed by atoms with Gasteiger partial charge in [0.1, 0.15) is 12.2 Å². The van der Waals surface area contributed by atoms with E-state index in [1.54, 1.807) is 12.1 Å². The Kier molecular flexibility index (Phi) is 4.07. The molecular weight excluding hydrogens is 218 g/mol. The van der Waals surface area contributed by atoms with E-state index in [2.05, 4.69) is 4.98 Å². The summed E-state index contributed by atoms with van der Waals surface area (Å²) in [5.74, 6) is -0.301. The predicted octanol–water partition coefficient (Wildman–Crippen LogP) is 0.995. The molecule has 1 aromatic heterocycles. The van der Waals surface area contributed by atoms with Gasteiger partial charge in [0.15, 0.2) is 0 Å². The molecule has 0 spiro atoms. The lowest BCUT2D eigenvalue weighted by atomic mass is 10.0. The zero-order valence-electron chi connectivity index (χ0n) is 10.5. The second-order valence-corrected chi connectivity index (χ2v) is 4.47. The van der Waals surface area contributed by atoms with Crippen LogP contribution in [0, 0.1) is 6.92 Å². The Morgan fingerprint density at radius 1 is 1.53 bits per heavy atom. The van der Waals surface area contributed by atoms with E-state index in [0.29, 0.717) is 6.61 Å². The minimum Gasteiger partial charge on any atom is -0.475 e. The number of ether oxygens (including phenoxy) is 1. The standard InChI is InChI=1S/C12H19N3O2/c1-4-12(3,14)7-17-11-9(10(13)16)6-5-8(2)15-11/h5-6H,4,7,14H2,1-3H3,(H2,13,16). The Hall–Kier alpha value is -1.62. The molecular formula is C12H19N3O2. The van der Waals surface area contributed by atoms with Crippen molar-refractivity contribution in [3.05, 3.63) is 23.4 Å². The fourth-order valence-corrected chi connectivity index (χ4v) is 1.17. The van der Waals surface area contributed by atoms with Crippen molar-refractivity contribution >= 4 is 5.91 Å². The maximum Gasteiger partial charge on any atom is 0.254 e. The van der Waals surface area contributed by atoms with Crippen molar-refractivity contribution in [3.8, 4) is 5.88 Å². The van der Waals surface area contributed by atoms with Crippen LogP contribution < -0.4 is 16.2 Å². The molecule has 1 heterocycles. The van der Waals surface area contributed by atoms with Crippen molar-refractivity contribution in [2.24, 2.45) is 11.5 Å². The fourth-order valence-electron chi connectivity index (χ4n) is 1.17. The van der Waals surface area contributed by atoms with Gasteiger partial charge in [-0.05, 0) is 32.4 Å². The smallest absolute Gasteiger partial charge is 0.254 e. The van der Waals surface area contributed by atoms with Gasteiger partial charge in [-0.1, -0.05) is 6.92 Å². The van der Waals surface area contributed by atoms with Gasteiger partial charge >= 0.3 is 0 Å². The highest BCUT2D eigenvalue weighted by molar-refractivity contribution is 5.95. The largest absolute Gasteiger partial charge is 0.475 e. The molecule has 0 saturated heterocycles. The van der Waals surface area contributed by atoms with Crippen LogP contribution in [0.25, 0.3) is 0 Å². The van der Waals surface area contributed by atoms with Crippen molar-refractivity contribution in [1.82, 2.24) is 4.98 Å². The molecule has 1 rings (SSSR count). The molecule has 5 heteroatoms. The number of carbonyl (C=O) groups excluding carboxylic acids is 1. The number of carbonyl (C=O) groups is 1. The lowest BCUT2D eigenvalue weighted by molar-refractivity contribution is 0.0993. The number of hydrogen-bond donors (Lipinski definition) is 2. The number of nitrogens with two attached hydrogens (primary N) is 2. The normalized spacial score (nSPS) is 14.1. The molecule has 1 aromatic rings. The predicted molar refractivity (Wildman–Crippen MR) is 65.9 cm³/mol. The summed E-state index contributed by atoms with van der Waals surface area (Å²) in [6, 6.07) is 3.33. The summed E-state index contributed by atoms with van der Waals surface area (Å²) in [4.78, 5) is 15.4. The summed E-state index contributed by atoms with van der Waals surface area (Å²) >= 11 is 0. The highest BCUT2D eigenvalue weighted by Crippen LogP contribution is 2.17. The van der Waals surface area contributed by atoms with Crippen LogP contribution in [0.1, 0.15) is 36.3 Å². The zero-order chi connectivity index (χ0) is 13.1. The minimum atomic E-state index is -0.553. The highest BCUT2D eigenvalue weighted by atomic mass is 16.5.